The lowest BCUT2D eigenvalue weighted by Crippen LogP contribution is -2.47. The van der Waals surface area contributed by atoms with Crippen molar-refractivity contribution in [2.75, 3.05) is 44.7 Å². The molecule has 0 unspecified atom stereocenters. The van der Waals surface area contributed by atoms with Gasteiger partial charge in [-0.2, -0.15) is 4.98 Å². The average molecular weight is 380 g/mol. The summed E-state index contributed by atoms with van der Waals surface area (Å²) in [6.07, 6.45) is 4.20. The first-order chi connectivity index (χ1) is 13.7. The van der Waals surface area contributed by atoms with Gasteiger partial charge in [0.2, 0.25) is 11.8 Å². The van der Waals surface area contributed by atoms with Crippen LogP contribution in [0.15, 0.2) is 41.5 Å². The Hall–Kier alpha value is -3.00. The highest BCUT2D eigenvalue weighted by Crippen LogP contribution is 2.15. The monoisotopic (exact) mass is 380 g/mol. The van der Waals surface area contributed by atoms with Crippen molar-refractivity contribution in [1.29, 1.82) is 0 Å². The van der Waals surface area contributed by atoms with Gasteiger partial charge in [-0.1, -0.05) is 6.07 Å². The molecular formula is C20H24N6O2. The molecule has 4 rings (SSSR count). The molecule has 8 nitrogen and oxygen atoms in total. The third-order valence-electron chi connectivity index (χ3n) is 5.19. The van der Waals surface area contributed by atoms with Crippen LogP contribution >= 0.6 is 0 Å². The minimum Gasteiger partial charge on any atom is -0.481 e. The van der Waals surface area contributed by atoms with E-state index in [0.717, 1.165) is 44.0 Å². The Bertz CT molecular complexity index is 1030. The number of ether oxygens (including phenoxy) is 1. The van der Waals surface area contributed by atoms with Gasteiger partial charge in [0.25, 0.3) is 5.56 Å². The lowest BCUT2D eigenvalue weighted by atomic mass is 10.1. The molecule has 0 amide bonds. The summed E-state index contributed by atoms with van der Waals surface area (Å²) in [5.74, 6) is 1.28. The van der Waals surface area contributed by atoms with E-state index in [2.05, 4.69) is 24.8 Å². The number of aryl methyl sites for hydroxylation is 1. The van der Waals surface area contributed by atoms with Crippen LogP contribution in [0.5, 0.6) is 5.88 Å². The minimum absolute atomic E-state index is 0.0338. The quantitative estimate of drug-likeness (QED) is 0.658. The fourth-order valence-electron chi connectivity index (χ4n) is 3.56. The van der Waals surface area contributed by atoms with Crippen LogP contribution in [0.4, 0.5) is 5.95 Å². The smallest absolute Gasteiger partial charge is 0.261 e. The van der Waals surface area contributed by atoms with Gasteiger partial charge in [-0.3, -0.25) is 14.1 Å². The van der Waals surface area contributed by atoms with Crippen molar-refractivity contribution in [3.05, 3.63) is 58.3 Å². The number of pyridine rings is 1. The summed E-state index contributed by atoms with van der Waals surface area (Å²) in [7, 11) is 1.61. The molecule has 1 aliphatic rings. The number of fused-ring (bicyclic) bond motifs is 1. The SMILES string of the molecule is COc1ccnc(N2CCN(CCc3c(C)nc4ccccn4c3=O)CC2)n1. The van der Waals surface area contributed by atoms with Crippen LogP contribution in [0, 0.1) is 6.92 Å². The molecule has 0 radical (unpaired) electrons. The van der Waals surface area contributed by atoms with Crippen molar-refractivity contribution in [3.63, 3.8) is 0 Å². The van der Waals surface area contributed by atoms with Crippen molar-refractivity contribution < 1.29 is 4.74 Å². The molecule has 3 aromatic heterocycles. The Balaban J connectivity index is 1.39. The zero-order valence-corrected chi connectivity index (χ0v) is 16.2. The van der Waals surface area contributed by atoms with E-state index < -0.39 is 0 Å². The van der Waals surface area contributed by atoms with E-state index in [1.165, 1.54) is 0 Å². The van der Waals surface area contributed by atoms with Crippen molar-refractivity contribution in [2.45, 2.75) is 13.3 Å². The third-order valence-corrected chi connectivity index (χ3v) is 5.19. The maximum atomic E-state index is 12.8. The highest BCUT2D eigenvalue weighted by molar-refractivity contribution is 5.40. The largest absolute Gasteiger partial charge is 0.481 e. The van der Waals surface area contributed by atoms with Gasteiger partial charge in [-0.05, 0) is 25.5 Å². The van der Waals surface area contributed by atoms with Gasteiger partial charge < -0.3 is 9.64 Å². The van der Waals surface area contributed by atoms with E-state index >= 15 is 0 Å². The van der Waals surface area contributed by atoms with Gasteiger partial charge in [-0.15, -0.1) is 0 Å². The first-order valence-corrected chi connectivity index (χ1v) is 9.47. The fraction of sp³-hybridized carbons (Fsp3) is 0.400. The topological polar surface area (TPSA) is 75.9 Å². The molecule has 146 valence electrons. The molecule has 1 saturated heterocycles. The number of hydrogen-bond acceptors (Lipinski definition) is 7. The van der Waals surface area contributed by atoms with Crippen molar-refractivity contribution >= 4 is 11.6 Å². The standard InChI is InChI=1S/C20H24N6O2/c1-15-16(19(27)26-9-4-3-5-17(26)22-15)7-10-24-11-13-25(14-12-24)20-21-8-6-18(23-20)28-2/h3-6,8-9H,7,10-14H2,1-2H3. The molecule has 0 aromatic carbocycles. The molecule has 1 aliphatic heterocycles. The van der Waals surface area contributed by atoms with Gasteiger partial charge in [-0.25, -0.2) is 9.97 Å². The van der Waals surface area contributed by atoms with E-state index in [1.807, 2.05) is 25.1 Å². The van der Waals surface area contributed by atoms with Crippen LogP contribution in [0.3, 0.4) is 0 Å². The van der Waals surface area contributed by atoms with Crippen LogP contribution < -0.4 is 15.2 Å². The van der Waals surface area contributed by atoms with Crippen LogP contribution in [0.25, 0.3) is 5.65 Å². The Morgan fingerprint density at radius 2 is 1.93 bits per heavy atom. The first-order valence-electron chi connectivity index (χ1n) is 9.47. The summed E-state index contributed by atoms with van der Waals surface area (Å²) in [5, 5.41) is 0. The molecule has 3 aromatic rings. The molecule has 0 atom stereocenters. The Morgan fingerprint density at radius 3 is 2.71 bits per heavy atom. The summed E-state index contributed by atoms with van der Waals surface area (Å²) in [6, 6.07) is 7.36. The number of hydrogen-bond donors (Lipinski definition) is 0. The van der Waals surface area contributed by atoms with Gasteiger partial charge >= 0.3 is 0 Å². The highest BCUT2D eigenvalue weighted by Gasteiger charge is 2.20. The molecule has 1 fully saturated rings. The maximum absolute atomic E-state index is 12.8. The third kappa shape index (κ3) is 3.68. The summed E-state index contributed by atoms with van der Waals surface area (Å²) >= 11 is 0. The van der Waals surface area contributed by atoms with Gasteiger partial charge in [0.15, 0.2) is 0 Å². The van der Waals surface area contributed by atoms with Gasteiger partial charge in [0, 0.05) is 62.4 Å². The zero-order chi connectivity index (χ0) is 19.5. The number of aromatic nitrogens is 4. The fourth-order valence-corrected chi connectivity index (χ4v) is 3.56. The number of rotatable bonds is 5. The molecular weight excluding hydrogens is 356 g/mol. The Labute approximate surface area is 163 Å². The number of nitrogens with zero attached hydrogens (tertiary/aromatic N) is 6. The van der Waals surface area contributed by atoms with Gasteiger partial charge in [0.05, 0.1) is 7.11 Å². The van der Waals surface area contributed by atoms with E-state index in [9.17, 15) is 4.79 Å². The number of anilines is 1. The van der Waals surface area contributed by atoms with Crippen LogP contribution in [0.2, 0.25) is 0 Å². The normalized spacial score (nSPS) is 15.1. The van der Waals surface area contributed by atoms with Crippen molar-refractivity contribution in [1.82, 2.24) is 24.3 Å². The molecule has 8 heteroatoms. The summed E-state index contributed by atoms with van der Waals surface area (Å²) in [5.41, 5.74) is 2.34. The molecule has 0 spiro atoms. The van der Waals surface area contributed by atoms with E-state index in [-0.39, 0.29) is 5.56 Å². The van der Waals surface area contributed by atoms with E-state index in [0.29, 0.717) is 23.9 Å². The second-order valence-electron chi connectivity index (χ2n) is 6.89. The summed E-state index contributed by atoms with van der Waals surface area (Å²) < 4.78 is 6.81. The molecule has 0 saturated carbocycles. The number of methoxy groups -OCH3 is 1. The van der Waals surface area contributed by atoms with E-state index in [4.69, 9.17) is 4.74 Å². The molecule has 0 aliphatic carbocycles. The maximum Gasteiger partial charge on any atom is 0.261 e. The van der Waals surface area contributed by atoms with E-state index in [1.54, 1.807) is 30.0 Å². The van der Waals surface area contributed by atoms with Crippen LogP contribution in [0.1, 0.15) is 11.3 Å². The first kappa shape index (κ1) is 18.4. The highest BCUT2D eigenvalue weighted by atomic mass is 16.5. The average Bonchev–Trinajstić information content (AvgIpc) is 2.74. The number of piperazine rings is 1. The van der Waals surface area contributed by atoms with Crippen LogP contribution in [-0.4, -0.2) is 64.1 Å². The molecule has 0 N–H and O–H groups in total. The summed E-state index contributed by atoms with van der Waals surface area (Å²) in [6.45, 7) is 6.26. The lowest BCUT2D eigenvalue weighted by molar-refractivity contribution is 0.259. The second kappa shape index (κ2) is 7.93. The molecule has 4 heterocycles. The van der Waals surface area contributed by atoms with Crippen molar-refractivity contribution in [3.8, 4) is 5.88 Å². The van der Waals surface area contributed by atoms with Crippen LogP contribution in [-0.2, 0) is 6.42 Å². The predicted octanol–water partition coefficient (Wildman–Crippen LogP) is 1.17. The lowest BCUT2D eigenvalue weighted by Gasteiger charge is -2.34. The van der Waals surface area contributed by atoms with Crippen molar-refractivity contribution in [2.24, 2.45) is 0 Å². The Morgan fingerprint density at radius 1 is 1.11 bits per heavy atom. The predicted molar refractivity (Wildman–Crippen MR) is 107 cm³/mol. The zero-order valence-electron chi connectivity index (χ0n) is 16.2. The Kier molecular flexibility index (Phi) is 5.21. The molecule has 0 bridgehead atoms. The summed E-state index contributed by atoms with van der Waals surface area (Å²) in [4.78, 5) is 30.7. The second-order valence-corrected chi connectivity index (χ2v) is 6.89. The minimum atomic E-state index is 0.0338. The molecule has 28 heavy (non-hydrogen) atoms. The van der Waals surface area contributed by atoms with Gasteiger partial charge in [0.1, 0.15) is 5.65 Å².